The summed E-state index contributed by atoms with van der Waals surface area (Å²) in [5.74, 6) is -0.370. The van der Waals surface area contributed by atoms with Crippen LogP contribution in [0.5, 0.6) is 5.75 Å². The van der Waals surface area contributed by atoms with Gasteiger partial charge in [-0.3, -0.25) is 9.59 Å². The highest BCUT2D eigenvalue weighted by molar-refractivity contribution is 5.87. The summed E-state index contributed by atoms with van der Waals surface area (Å²) in [6, 6.07) is 6.08. The molecule has 6 nitrogen and oxygen atoms in total. The van der Waals surface area contributed by atoms with Gasteiger partial charge in [-0.2, -0.15) is 0 Å². The Morgan fingerprint density at radius 1 is 1.30 bits per heavy atom. The summed E-state index contributed by atoms with van der Waals surface area (Å²) in [6.45, 7) is -0.0430. The first-order chi connectivity index (χ1) is 9.54. The molecule has 2 rings (SSSR count). The van der Waals surface area contributed by atoms with E-state index in [0.29, 0.717) is 6.42 Å². The zero-order chi connectivity index (χ0) is 14.5. The van der Waals surface area contributed by atoms with E-state index in [1.807, 2.05) is 0 Å². The van der Waals surface area contributed by atoms with Crippen LogP contribution < -0.4 is 16.4 Å². The second-order valence-electron chi connectivity index (χ2n) is 5.04. The zero-order valence-corrected chi connectivity index (χ0v) is 11.1. The number of amides is 2. The number of carbonyl (C=O) groups is 2. The van der Waals surface area contributed by atoms with Crippen molar-refractivity contribution in [2.45, 2.75) is 31.3 Å². The van der Waals surface area contributed by atoms with Crippen molar-refractivity contribution in [3.05, 3.63) is 29.8 Å². The van der Waals surface area contributed by atoms with E-state index in [1.165, 1.54) is 0 Å². The average molecular weight is 277 g/mol. The molecule has 0 heterocycles. The quantitative estimate of drug-likeness (QED) is 0.571. The highest BCUT2D eigenvalue weighted by Crippen LogP contribution is 2.18. The summed E-state index contributed by atoms with van der Waals surface area (Å²) in [7, 11) is 0. The smallest absolute Gasteiger partial charge is 0.239 e. The van der Waals surface area contributed by atoms with Gasteiger partial charge in [0, 0.05) is 6.04 Å². The Morgan fingerprint density at radius 3 is 2.55 bits per heavy atom. The monoisotopic (exact) mass is 277 g/mol. The van der Waals surface area contributed by atoms with Gasteiger partial charge in [0.15, 0.2) is 0 Å². The van der Waals surface area contributed by atoms with Crippen LogP contribution in [0.3, 0.4) is 0 Å². The third-order valence-corrected chi connectivity index (χ3v) is 3.09. The topological polar surface area (TPSA) is 104 Å². The number of hydrogen-bond acceptors (Lipinski definition) is 4. The second kappa shape index (κ2) is 6.38. The molecule has 20 heavy (non-hydrogen) atoms. The van der Waals surface area contributed by atoms with Gasteiger partial charge in [0.25, 0.3) is 0 Å². The van der Waals surface area contributed by atoms with Crippen LogP contribution in [-0.4, -0.2) is 35.5 Å². The van der Waals surface area contributed by atoms with Crippen LogP contribution in [0.15, 0.2) is 24.3 Å². The Bertz CT molecular complexity index is 483. The van der Waals surface area contributed by atoms with Crippen molar-refractivity contribution in [2.24, 2.45) is 5.73 Å². The van der Waals surface area contributed by atoms with Crippen LogP contribution in [-0.2, 0) is 16.0 Å². The van der Waals surface area contributed by atoms with Gasteiger partial charge < -0.3 is 21.5 Å². The normalized spacial score (nSPS) is 15.4. The number of rotatable bonds is 6. The minimum absolute atomic E-state index is 0.0430. The predicted octanol–water partition coefficient (Wildman–Crippen LogP) is -0.343. The van der Waals surface area contributed by atoms with E-state index in [-0.39, 0.29) is 30.2 Å². The van der Waals surface area contributed by atoms with Crippen LogP contribution in [0.25, 0.3) is 0 Å². The van der Waals surface area contributed by atoms with Crippen LogP contribution >= 0.6 is 0 Å². The summed E-state index contributed by atoms with van der Waals surface area (Å²) in [5, 5.41) is 14.5. The van der Waals surface area contributed by atoms with Gasteiger partial charge >= 0.3 is 0 Å². The Balaban J connectivity index is 1.73. The molecule has 0 aromatic heterocycles. The molecule has 0 saturated heterocycles. The van der Waals surface area contributed by atoms with E-state index in [2.05, 4.69) is 10.6 Å². The van der Waals surface area contributed by atoms with Crippen molar-refractivity contribution in [3.63, 3.8) is 0 Å². The zero-order valence-electron chi connectivity index (χ0n) is 11.1. The van der Waals surface area contributed by atoms with Crippen molar-refractivity contribution in [1.29, 1.82) is 0 Å². The summed E-state index contributed by atoms with van der Waals surface area (Å²) in [6.07, 6.45) is 2.39. The lowest BCUT2D eigenvalue weighted by molar-refractivity contribution is -0.126. The lowest BCUT2D eigenvalue weighted by Crippen LogP contribution is -2.46. The first-order valence-electron chi connectivity index (χ1n) is 6.65. The Hall–Kier alpha value is -2.08. The van der Waals surface area contributed by atoms with E-state index in [0.717, 1.165) is 18.4 Å². The van der Waals surface area contributed by atoms with Gasteiger partial charge in [-0.05, 0) is 37.0 Å². The maximum Gasteiger partial charge on any atom is 0.239 e. The van der Waals surface area contributed by atoms with Crippen molar-refractivity contribution in [3.8, 4) is 5.75 Å². The summed E-state index contributed by atoms with van der Waals surface area (Å²) >= 11 is 0. The number of phenolic OH excluding ortho intramolecular Hbond substituents is 1. The molecular formula is C14H19N3O3. The van der Waals surface area contributed by atoms with Crippen molar-refractivity contribution in [1.82, 2.24) is 10.6 Å². The number of nitrogens with two attached hydrogens (primary N) is 1. The molecular weight excluding hydrogens is 258 g/mol. The maximum atomic E-state index is 11.8. The van der Waals surface area contributed by atoms with E-state index < -0.39 is 6.04 Å². The number of benzene rings is 1. The standard InChI is InChI=1S/C14H19N3O3/c15-12(7-9-1-5-11(18)6-2-9)14(20)16-8-13(19)17-10-3-4-10/h1-2,5-6,10,12,18H,3-4,7-8,15H2,(H,16,20)(H,17,19)/t12-/m0/s1. The third-order valence-electron chi connectivity index (χ3n) is 3.09. The largest absolute Gasteiger partial charge is 0.508 e. The molecule has 1 aliphatic rings. The molecule has 1 aromatic carbocycles. The molecule has 108 valence electrons. The first-order valence-corrected chi connectivity index (χ1v) is 6.65. The second-order valence-corrected chi connectivity index (χ2v) is 5.04. The van der Waals surface area contributed by atoms with E-state index in [1.54, 1.807) is 24.3 Å². The van der Waals surface area contributed by atoms with Gasteiger partial charge in [-0.15, -0.1) is 0 Å². The number of phenols is 1. The summed E-state index contributed by atoms with van der Waals surface area (Å²) in [4.78, 5) is 23.2. The fourth-order valence-corrected chi connectivity index (χ4v) is 1.78. The van der Waals surface area contributed by atoms with E-state index >= 15 is 0 Å². The molecule has 2 amide bonds. The van der Waals surface area contributed by atoms with Gasteiger partial charge in [0.05, 0.1) is 12.6 Å². The summed E-state index contributed by atoms with van der Waals surface area (Å²) in [5.41, 5.74) is 6.64. The van der Waals surface area contributed by atoms with Crippen molar-refractivity contribution in [2.75, 3.05) is 6.54 Å². The van der Waals surface area contributed by atoms with Crippen LogP contribution in [0.4, 0.5) is 0 Å². The molecule has 5 N–H and O–H groups in total. The highest BCUT2D eigenvalue weighted by atomic mass is 16.3. The molecule has 1 aromatic rings. The molecule has 1 fully saturated rings. The minimum Gasteiger partial charge on any atom is -0.508 e. The molecule has 0 bridgehead atoms. The number of hydrogen-bond donors (Lipinski definition) is 4. The van der Waals surface area contributed by atoms with Crippen LogP contribution in [0.2, 0.25) is 0 Å². The molecule has 0 aliphatic heterocycles. The highest BCUT2D eigenvalue weighted by Gasteiger charge is 2.23. The number of nitrogens with one attached hydrogen (secondary N) is 2. The molecule has 0 spiro atoms. The van der Waals surface area contributed by atoms with Gasteiger partial charge in [0.2, 0.25) is 11.8 Å². The molecule has 6 heteroatoms. The maximum absolute atomic E-state index is 11.8. The third kappa shape index (κ3) is 4.55. The predicted molar refractivity (Wildman–Crippen MR) is 74.0 cm³/mol. The van der Waals surface area contributed by atoms with E-state index in [9.17, 15) is 9.59 Å². The molecule has 1 aliphatic carbocycles. The number of aromatic hydroxyl groups is 1. The lowest BCUT2D eigenvalue weighted by atomic mass is 10.1. The number of carbonyl (C=O) groups excluding carboxylic acids is 2. The van der Waals surface area contributed by atoms with Crippen molar-refractivity contribution < 1.29 is 14.7 Å². The van der Waals surface area contributed by atoms with Crippen LogP contribution in [0.1, 0.15) is 18.4 Å². The molecule has 0 unspecified atom stereocenters. The minimum atomic E-state index is -0.715. The fourth-order valence-electron chi connectivity index (χ4n) is 1.78. The van der Waals surface area contributed by atoms with Crippen LogP contribution in [0, 0.1) is 0 Å². The molecule has 1 saturated carbocycles. The lowest BCUT2D eigenvalue weighted by Gasteiger charge is -2.12. The Labute approximate surface area is 117 Å². The SMILES string of the molecule is N[C@@H](Cc1ccc(O)cc1)C(=O)NCC(=O)NC1CC1. The van der Waals surface area contributed by atoms with Gasteiger partial charge in [0.1, 0.15) is 5.75 Å². The molecule has 0 radical (unpaired) electrons. The van der Waals surface area contributed by atoms with Gasteiger partial charge in [-0.1, -0.05) is 12.1 Å². The Morgan fingerprint density at radius 2 is 1.95 bits per heavy atom. The summed E-state index contributed by atoms with van der Waals surface area (Å²) < 4.78 is 0. The Kier molecular flexibility index (Phi) is 4.57. The van der Waals surface area contributed by atoms with E-state index in [4.69, 9.17) is 10.8 Å². The first kappa shape index (κ1) is 14.3. The fraction of sp³-hybridized carbons (Fsp3) is 0.429. The van der Waals surface area contributed by atoms with Gasteiger partial charge in [-0.25, -0.2) is 0 Å². The molecule has 1 atom stereocenters. The van der Waals surface area contributed by atoms with Crippen molar-refractivity contribution >= 4 is 11.8 Å². The average Bonchev–Trinajstić information content (AvgIpc) is 3.22.